The number of benzene rings is 1. The summed E-state index contributed by atoms with van der Waals surface area (Å²) in [6.07, 6.45) is 0. The summed E-state index contributed by atoms with van der Waals surface area (Å²) in [6.45, 7) is 5.97. The number of fused-ring (bicyclic) bond motifs is 1. The van der Waals surface area contributed by atoms with Crippen LogP contribution in [0.4, 0.5) is 0 Å². The van der Waals surface area contributed by atoms with Crippen molar-refractivity contribution in [3.05, 3.63) is 23.6 Å². The fourth-order valence-corrected chi connectivity index (χ4v) is 1.44. The van der Waals surface area contributed by atoms with E-state index in [9.17, 15) is 5.11 Å². The van der Waals surface area contributed by atoms with Gasteiger partial charge in [-0.25, -0.2) is 4.98 Å². The van der Waals surface area contributed by atoms with Gasteiger partial charge in [0.2, 0.25) is 0 Å². The largest absolute Gasteiger partial charge is 0.508 e. The van der Waals surface area contributed by atoms with E-state index >= 15 is 0 Å². The average molecular weight is 191 g/mol. The number of aromatic nitrogens is 1. The van der Waals surface area contributed by atoms with E-state index in [4.69, 9.17) is 4.42 Å². The molecule has 0 aliphatic rings. The quantitative estimate of drug-likeness (QED) is 0.753. The van der Waals surface area contributed by atoms with Crippen LogP contribution in [-0.4, -0.2) is 10.1 Å². The Bertz CT molecular complexity index is 471. The third-order valence-corrected chi connectivity index (χ3v) is 2.18. The molecule has 74 valence electrons. The molecular weight excluding hydrogens is 178 g/mol. The molecule has 0 saturated carbocycles. The smallest absolute Gasteiger partial charge is 0.198 e. The first-order valence-electron chi connectivity index (χ1n) is 4.68. The van der Waals surface area contributed by atoms with E-state index in [1.165, 1.54) is 0 Å². The van der Waals surface area contributed by atoms with Gasteiger partial charge in [0.25, 0.3) is 0 Å². The fraction of sp³-hybridized carbons (Fsp3) is 0.364. The molecule has 3 nitrogen and oxygen atoms in total. The Morgan fingerprint density at radius 1 is 1.36 bits per heavy atom. The monoisotopic (exact) mass is 191 g/mol. The molecule has 14 heavy (non-hydrogen) atoms. The molecule has 0 spiro atoms. The van der Waals surface area contributed by atoms with E-state index in [1.54, 1.807) is 12.1 Å². The molecule has 1 aromatic carbocycles. The number of oxazole rings is 1. The Labute approximate surface area is 82.4 Å². The zero-order valence-corrected chi connectivity index (χ0v) is 8.53. The van der Waals surface area contributed by atoms with Crippen LogP contribution >= 0.6 is 0 Å². The van der Waals surface area contributed by atoms with Gasteiger partial charge in [0, 0.05) is 12.0 Å². The second-order valence-corrected chi connectivity index (χ2v) is 3.82. The molecule has 0 saturated heterocycles. The van der Waals surface area contributed by atoms with Crippen LogP contribution in [0.3, 0.4) is 0 Å². The first-order valence-corrected chi connectivity index (χ1v) is 4.68. The Kier molecular flexibility index (Phi) is 1.95. The van der Waals surface area contributed by atoms with Gasteiger partial charge in [-0.1, -0.05) is 13.8 Å². The van der Waals surface area contributed by atoms with Crippen molar-refractivity contribution in [3.63, 3.8) is 0 Å². The minimum atomic E-state index is 0.224. The summed E-state index contributed by atoms with van der Waals surface area (Å²) in [6, 6.07) is 3.29. The van der Waals surface area contributed by atoms with E-state index in [0.29, 0.717) is 11.5 Å². The number of phenols is 1. The number of phenolic OH excluding ortho intramolecular Hbond substituents is 1. The second kappa shape index (κ2) is 3.01. The highest BCUT2D eigenvalue weighted by molar-refractivity contribution is 5.78. The van der Waals surface area contributed by atoms with Gasteiger partial charge in [0.15, 0.2) is 11.5 Å². The number of hydrogen-bond acceptors (Lipinski definition) is 3. The second-order valence-electron chi connectivity index (χ2n) is 3.82. The van der Waals surface area contributed by atoms with E-state index in [2.05, 4.69) is 4.98 Å². The lowest BCUT2D eigenvalue weighted by atomic mass is 10.2. The van der Waals surface area contributed by atoms with Crippen LogP contribution in [0, 0.1) is 6.92 Å². The van der Waals surface area contributed by atoms with Gasteiger partial charge in [-0.3, -0.25) is 0 Å². The van der Waals surface area contributed by atoms with Gasteiger partial charge in [-0.05, 0) is 18.6 Å². The van der Waals surface area contributed by atoms with E-state index in [1.807, 2.05) is 20.8 Å². The van der Waals surface area contributed by atoms with Crippen molar-refractivity contribution in [1.29, 1.82) is 0 Å². The van der Waals surface area contributed by atoms with Gasteiger partial charge in [-0.2, -0.15) is 0 Å². The predicted octanol–water partition coefficient (Wildman–Crippen LogP) is 2.97. The van der Waals surface area contributed by atoms with Crippen LogP contribution in [0.1, 0.15) is 31.2 Å². The zero-order chi connectivity index (χ0) is 10.3. The van der Waals surface area contributed by atoms with Crippen LogP contribution in [-0.2, 0) is 0 Å². The van der Waals surface area contributed by atoms with Crippen molar-refractivity contribution in [3.8, 4) is 5.75 Å². The number of rotatable bonds is 1. The third-order valence-electron chi connectivity index (χ3n) is 2.18. The molecule has 0 aliphatic heterocycles. The van der Waals surface area contributed by atoms with Crippen molar-refractivity contribution in [2.75, 3.05) is 0 Å². The van der Waals surface area contributed by atoms with Crippen LogP contribution in [0.15, 0.2) is 16.5 Å². The maximum Gasteiger partial charge on any atom is 0.198 e. The fourth-order valence-electron chi connectivity index (χ4n) is 1.44. The minimum absolute atomic E-state index is 0.224. The Hall–Kier alpha value is -1.51. The molecule has 2 aromatic rings. The first kappa shape index (κ1) is 9.06. The predicted molar refractivity (Wildman–Crippen MR) is 54.5 cm³/mol. The van der Waals surface area contributed by atoms with Gasteiger partial charge in [-0.15, -0.1) is 0 Å². The highest BCUT2D eigenvalue weighted by Crippen LogP contribution is 2.27. The van der Waals surface area contributed by atoms with Gasteiger partial charge < -0.3 is 9.52 Å². The Balaban J connectivity index is 2.70. The van der Waals surface area contributed by atoms with E-state index < -0.39 is 0 Å². The molecule has 0 bridgehead atoms. The number of aromatic hydroxyl groups is 1. The molecule has 3 heteroatoms. The molecule has 0 amide bonds. The SMILES string of the molecule is Cc1cc(O)cc2oc(C(C)C)nc12. The minimum Gasteiger partial charge on any atom is -0.508 e. The zero-order valence-electron chi connectivity index (χ0n) is 8.53. The maximum atomic E-state index is 9.37. The van der Waals surface area contributed by atoms with Crippen LogP contribution < -0.4 is 0 Å². The highest BCUT2D eigenvalue weighted by atomic mass is 16.3. The van der Waals surface area contributed by atoms with Crippen LogP contribution in [0.2, 0.25) is 0 Å². The van der Waals surface area contributed by atoms with Gasteiger partial charge >= 0.3 is 0 Å². The van der Waals surface area contributed by atoms with Crippen LogP contribution in [0.5, 0.6) is 5.75 Å². The van der Waals surface area contributed by atoms with E-state index in [-0.39, 0.29) is 11.7 Å². The first-order chi connectivity index (χ1) is 6.58. The summed E-state index contributed by atoms with van der Waals surface area (Å²) >= 11 is 0. The van der Waals surface area contributed by atoms with Gasteiger partial charge in [0.05, 0.1) is 0 Å². The number of nitrogens with zero attached hydrogens (tertiary/aromatic N) is 1. The number of aryl methyl sites for hydroxylation is 1. The molecule has 0 atom stereocenters. The van der Waals surface area contributed by atoms with Crippen molar-refractivity contribution >= 4 is 11.1 Å². The van der Waals surface area contributed by atoms with Crippen molar-refractivity contribution in [1.82, 2.24) is 4.98 Å². The molecular formula is C11H13NO2. The summed E-state index contributed by atoms with van der Waals surface area (Å²) in [5, 5.41) is 9.37. The summed E-state index contributed by atoms with van der Waals surface area (Å²) in [7, 11) is 0. The van der Waals surface area contributed by atoms with Crippen molar-refractivity contribution in [2.24, 2.45) is 0 Å². The number of hydrogen-bond donors (Lipinski definition) is 1. The lowest BCUT2D eigenvalue weighted by Crippen LogP contribution is -1.85. The normalized spacial score (nSPS) is 11.4. The molecule has 0 radical (unpaired) electrons. The summed E-state index contributed by atoms with van der Waals surface area (Å²) in [4.78, 5) is 4.38. The van der Waals surface area contributed by atoms with Crippen molar-refractivity contribution < 1.29 is 9.52 Å². The molecule has 2 rings (SSSR count). The van der Waals surface area contributed by atoms with E-state index in [0.717, 1.165) is 11.1 Å². The van der Waals surface area contributed by atoms with Crippen molar-refractivity contribution in [2.45, 2.75) is 26.7 Å². The molecule has 0 fully saturated rings. The van der Waals surface area contributed by atoms with Crippen LogP contribution in [0.25, 0.3) is 11.1 Å². The molecule has 0 unspecified atom stereocenters. The highest BCUT2D eigenvalue weighted by Gasteiger charge is 2.11. The summed E-state index contributed by atoms with van der Waals surface area (Å²) in [5.41, 5.74) is 2.44. The third kappa shape index (κ3) is 1.35. The maximum absolute atomic E-state index is 9.37. The lowest BCUT2D eigenvalue weighted by Gasteiger charge is -1.93. The Morgan fingerprint density at radius 2 is 2.07 bits per heavy atom. The molecule has 1 N–H and O–H groups in total. The summed E-state index contributed by atoms with van der Waals surface area (Å²) in [5.74, 6) is 1.21. The average Bonchev–Trinajstić information content (AvgIpc) is 2.47. The standard InChI is InChI=1S/C11H13NO2/c1-6(2)11-12-10-7(3)4-8(13)5-9(10)14-11/h4-6,13H,1-3H3. The molecule has 1 heterocycles. The molecule has 0 aliphatic carbocycles. The van der Waals surface area contributed by atoms with Gasteiger partial charge in [0.1, 0.15) is 11.3 Å². The Morgan fingerprint density at radius 3 is 2.71 bits per heavy atom. The molecule has 1 aromatic heterocycles. The lowest BCUT2D eigenvalue weighted by molar-refractivity contribution is 0.470. The topological polar surface area (TPSA) is 46.3 Å². The summed E-state index contributed by atoms with van der Waals surface area (Å²) < 4.78 is 5.52.